The van der Waals surface area contributed by atoms with Crippen molar-refractivity contribution in [1.29, 1.82) is 0 Å². The van der Waals surface area contributed by atoms with E-state index in [1.807, 2.05) is 31.2 Å². The smallest absolute Gasteiger partial charge is 0.266 e. The average Bonchev–Trinajstić information content (AvgIpc) is 3.02. The molecule has 1 heterocycles. The first-order valence-electron chi connectivity index (χ1n) is 7.14. The zero-order chi connectivity index (χ0) is 14.8. The number of anilines is 1. The molecule has 1 N–H and O–H groups in total. The lowest BCUT2D eigenvalue weighted by Crippen LogP contribution is -2.30. The molecule has 21 heavy (non-hydrogen) atoms. The molecule has 1 aromatic carbocycles. The van der Waals surface area contributed by atoms with E-state index in [0.29, 0.717) is 10.9 Å². The topological polar surface area (TPSA) is 51.2 Å². The van der Waals surface area contributed by atoms with Crippen LogP contribution in [0.5, 0.6) is 5.75 Å². The van der Waals surface area contributed by atoms with Gasteiger partial charge in [0.25, 0.3) is 5.91 Å². The third kappa shape index (κ3) is 3.24. The van der Waals surface area contributed by atoms with Gasteiger partial charge in [0.1, 0.15) is 5.75 Å². The molecule has 1 amide bonds. The number of aryl methyl sites for hydroxylation is 3. The van der Waals surface area contributed by atoms with Crippen molar-refractivity contribution in [2.45, 2.75) is 39.2 Å². The van der Waals surface area contributed by atoms with Gasteiger partial charge in [-0.25, -0.2) is 4.98 Å². The number of thiazole rings is 1. The normalized spacial score (nSPS) is 14.6. The highest BCUT2D eigenvalue weighted by Gasteiger charge is 2.20. The van der Waals surface area contributed by atoms with Gasteiger partial charge >= 0.3 is 0 Å². The molecular weight excluding hydrogens is 284 g/mol. The highest BCUT2D eigenvalue weighted by atomic mass is 32.1. The van der Waals surface area contributed by atoms with E-state index in [1.165, 1.54) is 11.3 Å². The minimum Gasteiger partial charge on any atom is -0.481 e. The van der Waals surface area contributed by atoms with Crippen molar-refractivity contribution in [3.63, 3.8) is 0 Å². The van der Waals surface area contributed by atoms with Crippen LogP contribution in [-0.4, -0.2) is 17.0 Å². The van der Waals surface area contributed by atoms with E-state index in [0.717, 1.165) is 24.1 Å². The number of aromatic nitrogens is 1. The summed E-state index contributed by atoms with van der Waals surface area (Å²) in [5.41, 5.74) is 2.30. The molecule has 0 spiro atoms. The summed E-state index contributed by atoms with van der Waals surface area (Å²) < 4.78 is 5.65. The van der Waals surface area contributed by atoms with Gasteiger partial charge in [-0.05, 0) is 45.2 Å². The molecule has 1 atom stereocenters. The van der Waals surface area contributed by atoms with E-state index in [-0.39, 0.29) is 5.91 Å². The third-order valence-corrected chi connectivity index (χ3v) is 4.60. The molecule has 5 heteroatoms. The fourth-order valence-electron chi connectivity index (χ4n) is 2.33. The molecule has 110 valence electrons. The predicted molar refractivity (Wildman–Crippen MR) is 84.0 cm³/mol. The molecular formula is C16H18N2O2S. The van der Waals surface area contributed by atoms with E-state index in [4.69, 9.17) is 4.74 Å². The van der Waals surface area contributed by atoms with Crippen LogP contribution in [0.4, 0.5) is 5.13 Å². The summed E-state index contributed by atoms with van der Waals surface area (Å²) in [6.07, 6.45) is 2.73. The number of rotatable bonds is 4. The summed E-state index contributed by atoms with van der Waals surface area (Å²) in [4.78, 5) is 17.9. The Balaban J connectivity index is 1.60. The highest BCUT2D eigenvalue weighted by molar-refractivity contribution is 7.15. The van der Waals surface area contributed by atoms with Gasteiger partial charge in [0.2, 0.25) is 0 Å². The number of carbonyl (C=O) groups excluding carboxylic acids is 1. The number of nitrogens with zero attached hydrogens (tertiary/aromatic N) is 1. The summed E-state index contributed by atoms with van der Waals surface area (Å²) >= 11 is 1.58. The summed E-state index contributed by atoms with van der Waals surface area (Å²) in [7, 11) is 0. The number of nitrogens with one attached hydrogen (secondary N) is 1. The molecule has 1 aliphatic carbocycles. The Kier molecular flexibility index (Phi) is 3.92. The Morgan fingerprint density at radius 3 is 2.81 bits per heavy atom. The maximum Gasteiger partial charge on any atom is 0.266 e. The average molecular weight is 302 g/mol. The van der Waals surface area contributed by atoms with E-state index in [2.05, 4.69) is 10.3 Å². The largest absolute Gasteiger partial charge is 0.481 e. The molecule has 3 rings (SSSR count). The predicted octanol–water partition coefficient (Wildman–Crippen LogP) is 3.35. The summed E-state index contributed by atoms with van der Waals surface area (Å²) in [5, 5.41) is 3.53. The number of benzene rings is 1. The number of amides is 1. The van der Waals surface area contributed by atoms with Gasteiger partial charge in [0, 0.05) is 4.88 Å². The van der Waals surface area contributed by atoms with E-state index in [9.17, 15) is 4.79 Å². The summed E-state index contributed by atoms with van der Waals surface area (Å²) in [6, 6.07) is 7.67. The van der Waals surface area contributed by atoms with Crippen LogP contribution in [0.1, 0.15) is 29.5 Å². The van der Waals surface area contributed by atoms with Crippen molar-refractivity contribution >= 4 is 22.4 Å². The third-order valence-electron chi connectivity index (χ3n) is 3.53. The monoisotopic (exact) mass is 302 g/mol. The second kappa shape index (κ2) is 5.85. The lowest BCUT2D eigenvalue weighted by Gasteiger charge is -2.13. The molecule has 1 aromatic heterocycles. The van der Waals surface area contributed by atoms with Crippen molar-refractivity contribution < 1.29 is 9.53 Å². The first-order chi connectivity index (χ1) is 10.1. The second-order valence-corrected chi connectivity index (χ2v) is 6.39. The lowest BCUT2D eigenvalue weighted by molar-refractivity contribution is -0.122. The molecule has 0 aliphatic heterocycles. The van der Waals surface area contributed by atoms with Crippen LogP contribution in [0.2, 0.25) is 0 Å². The van der Waals surface area contributed by atoms with Crippen LogP contribution in [-0.2, 0) is 17.6 Å². The maximum absolute atomic E-state index is 12.1. The molecule has 0 unspecified atom stereocenters. The highest BCUT2D eigenvalue weighted by Crippen LogP contribution is 2.30. The number of hydrogen-bond donors (Lipinski definition) is 1. The minimum atomic E-state index is -0.550. The number of ether oxygens (including phenoxy) is 1. The number of fused-ring (bicyclic) bond motifs is 1. The first-order valence-corrected chi connectivity index (χ1v) is 7.96. The van der Waals surface area contributed by atoms with E-state index >= 15 is 0 Å². The van der Waals surface area contributed by atoms with Crippen molar-refractivity contribution in [2.75, 3.05) is 5.32 Å². The molecule has 1 aliphatic rings. The van der Waals surface area contributed by atoms with Gasteiger partial charge < -0.3 is 4.74 Å². The Bertz CT molecular complexity index is 627. The Labute approximate surface area is 128 Å². The fraction of sp³-hybridized carbons (Fsp3) is 0.375. The van der Waals surface area contributed by atoms with Gasteiger partial charge in [-0.1, -0.05) is 17.7 Å². The standard InChI is InChI=1S/C16H18N2O2S/c1-10-6-8-12(9-7-10)20-11(2)15(19)18-16-17-13-4-3-5-14(13)21-16/h6-9,11H,3-5H2,1-2H3,(H,17,18,19)/t11-/m0/s1. The molecule has 0 saturated heterocycles. The molecule has 0 saturated carbocycles. The Morgan fingerprint density at radius 2 is 2.10 bits per heavy atom. The zero-order valence-corrected chi connectivity index (χ0v) is 13.0. The van der Waals surface area contributed by atoms with Crippen LogP contribution in [0, 0.1) is 6.92 Å². The maximum atomic E-state index is 12.1. The Morgan fingerprint density at radius 1 is 1.33 bits per heavy atom. The molecule has 4 nitrogen and oxygen atoms in total. The van der Waals surface area contributed by atoms with Crippen LogP contribution in [0.15, 0.2) is 24.3 Å². The van der Waals surface area contributed by atoms with Gasteiger partial charge in [-0.2, -0.15) is 0 Å². The molecule has 2 aromatic rings. The van der Waals surface area contributed by atoms with Gasteiger partial charge in [0.05, 0.1) is 5.69 Å². The fourth-order valence-corrected chi connectivity index (χ4v) is 3.38. The Hall–Kier alpha value is -1.88. The van der Waals surface area contributed by atoms with Crippen molar-refractivity contribution in [2.24, 2.45) is 0 Å². The zero-order valence-electron chi connectivity index (χ0n) is 12.2. The van der Waals surface area contributed by atoms with Gasteiger partial charge in [-0.15, -0.1) is 11.3 Å². The van der Waals surface area contributed by atoms with Crippen molar-refractivity contribution in [3.05, 3.63) is 40.4 Å². The quantitative estimate of drug-likeness (QED) is 0.942. The van der Waals surface area contributed by atoms with Crippen LogP contribution in [0.25, 0.3) is 0 Å². The van der Waals surface area contributed by atoms with E-state index in [1.54, 1.807) is 18.3 Å². The number of carbonyl (C=O) groups is 1. The van der Waals surface area contributed by atoms with E-state index < -0.39 is 6.10 Å². The summed E-state index contributed by atoms with van der Waals surface area (Å²) in [6.45, 7) is 3.76. The lowest BCUT2D eigenvalue weighted by atomic mass is 10.2. The van der Waals surface area contributed by atoms with Crippen LogP contribution in [0.3, 0.4) is 0 Å². The van der Waals surface area contributed by atoms with Crippen LogP contribution >= 0.6 is 11.3 Å². The van der Waals surface area contributed by atoms with Crippen molar-refractivity contribution in [3.8, 4) is 5.75 Å². The van der Waals surface area contributed by atoms with Crippen LogP contribution < -0.4 is 10.1 Å². The molecule has 0 bridgehead atoms. The summed E-state index contributed by atoms with van der Waals surface area (Å²) in [5.74, 6) is 0.535. The SMILES string of the molecule is Cc1ccc(O[C@@H](C)C(=O)Nc2nc3c(s2)CCC3)cc1. The van der Waals surface area contributed by atoms with Gasteiger partial charge in [0.15, 0.2) is 11.2 Å². The molecule has 0 fully saturated rings. The second-order valence-electron chi connectivity index (χ2n) is 5.30. The van der Waals surface area contributed by atoms with Crippen molar-refractivity contribution in [1.82, 2.24) is 4.98 Å². The minimum absolute atomic E-state index is 0.164. The first kappa shape index (κ1) is 14.1. The molecule has 0 radical (unpaired) electrons. The number of hydrogen-bond acceptors (Lipinski definition) is 4. The van der Waals surface area contributed by atoms with Gasteiger partial charge in [-0.3, -0.25) is 10.1 Å².